The molecular formula is C12H12ClN3O. The molecule has 1 aromatic heterocycles. The molecule has 88 valence electrons. The highest BCUT2D eigenvalue weighted by atomic mass is 35.5. The first-order valence-electron chi connectivity index (χ1n) is 5.14. The highest BCUT2D eigenvalue weighted by Crippen LogP contribution is 2.22. The van der Waals surface area contributed by atoms with Crippen LogP contribution in [-0.4, -0.2) is 9.55 Å². The SMILES string of the molecule is Cc1cc(=O)n(Cc2c(N)cccc2Cl)cn1. The maximum absolute atomic E-state index is 11.7. The van der Waals surface area contributed by atoms with Gasteiger partial charge in [0.1, 0.15) is 0 Å². The molecule has 0 aliphatic heterocycles. The van der Waals surface area contributed by atoms with Gasteiger partial charge in [0.25, 0.3) is 5.56 Å². The van der Waals surface area contributed by atoms with Gasteiger partial charge in [-0.15, -0.1) is 0 Å². The van der Waals surface area contributed by atoms with Crippen molar-refractivity contribution >= 4 is 17.3 Å². The third-order valence-corrected chi connectivity index (χ3v) is 2.85. The maximum Gasteiger partial charge on any atom is 0.253 e. The summed E-state index contributed by atoms with van der Waals surface area (Å²) in [5.41, 5.74) is 7.72. The average Bonchev–Trinajstić information content (AvgIpc) is 2.26. The summed E-state index contributed by atoms with van der Waals surface area (Å²) in [6.07, 6.45) is 1.50. The van der Waals surface area contributed by atoms with Crippen molar-refractivity contribution in [2.24, 2.45) is 0 Å². The van der Waals surface area contributed by atoms with Crippen molar-refractivity contribution in [1.29, 1.82) is 0 Å². The molecule has 0 saturated heterocycles. The van der Waals surface area contributed by atoms with E-state index in [9.17, 15) is 4.79 Å². The van der Waals surface area contributed by atoms with Crippen molar-refractivity contribution in [2.45, 2.75) is 13.5 Å². The van der Waals surface area contributed by atoms with Crippen LogP contribution in [0.4, 0.5) is 5.69 Å². The Morgan fingerprint density at radius 1 is 1.47 bits per heavy atom. The predicted molar refractivity (Wildman–Crippen MR) is 68.2 cm³/mol. The van der Waals surface area contributed by atoms with Crippen LogP contribution in [0.25, 0.3) is 0 Å². The van der Waals surface area contributed by atoms with Crippen LogP contribution < -0.4 is 11.3 Å². The molecule has 0 aliphatic carbocycles. The first kappa shape index (κ1) is 11.7. The topological polar surface area (TPSA) is 60.9 Å². The number of aryl methyl sites for hydroxylation is 1. The van der Waals surface area contributed by atoms with Gasteiger partial charge in [-0.1, -0.05) is 17.7 Å². The van der Waals surface area contributed by atoms with E-state index in [2.05, 4.69) is 4.98 Å². The maximum atomic E-state index is 11.7. The van der Waals surface area contributed by atoms with E-state index in [1.807, 2.05) is 0 Å². The molecule has 0 spiro atoms. The number of anilines is 1. The Hall–Kier alpha value is -1.81. The molecule has 4 nitrogen and oxygen atoms in total. The highest BCUT2D eigenvalue weighted by molar-refractivity contribution is 6.31. The van der Waals surface area contributed by atoms with Gasteiger partial charge in [-0.3, -0.25) is 9.36 Å². The zero-order valence-electron chi connectivity index (χ0n) is 9.35. The van der Waals surface area contributed by atoms with Crippen LogP contribution >= 0.6 is 11.6 Å². The zero-order valence-corrected chi connectivity index (χ0v) is 10.1. The predicted octanol–water partition coefficient (Wildman–Crippen LogP) is 1.84. The minimum atomic E-state index is -0.114. The summed E-state index contributed by atoms with van der Waals surface area (Å²) in [6.45, 7) is 2.10. The van der Waals surface area contributed by atoms with Gasteiger partial charge >= 0.3 is 0 Å². The molecule has 2 aromatic rings. The molecule has 0 bridgehead atoms. The summed E-state index contributed by atoms with van der Waals surface area (Å²) in [4.78, 5) is 15.8. The first-order valence-corrected chi connectivity index (χ1v) is 5.51. The number of aromatic nitrogens is 2. The van der Waals surface area contributed by atoms with Crippen LogP contribution in [0.15, 0.2) is 35.4 Å². The van der Waals surface area contributed by atoms with E-state index in [0.29, 0.717) is 22.9 Å². The molecule has 0 radical (unpaired) electrons. The number of halogens is 1. The molecule has 0 atom stereocenters. The molecule has 0 unspecified atom stereocenters. The van der Waals surface area contributed by atoms with Gasteiger partial charge in [0.2, 0.25) is 0 Å². The van der Waals surface area contributed by atoms with E-state index < -0.39 is 0 Å². The van der Waals surface area contributed by atoms with Crippen molar-refractivity contribution in [3.63, 3.8) is 0 Å². The van der Waals surface area contributed by atoms with Crippen molar-refractivity contribution in [3.8, 4) is 0 Å². The third kappa shape index (κ3) is 2.47. The molecule has 5 heteroatoms. The van der Waals surface area contributed by atoms with E-state index >= 15 is 0 Å². The Morgan fingerprint density at radius 2 is 2.24 bits per heavy atom. The number of benzene rings is 1. The fraction of sp³-hybridized carbons (Fsp3) is 0.167. The number of rotatable bonds is 2. The van der Waals surface area contributed by atoms with Gasteiger partial charge in [-0.05, 0) is 19.1 Å². The van der Waals surface area contributed by atoms with Gasteiger partial charge in [0, 0.05) is 28.0 Å². The standard InChI is InChI=1S/C12H12ClN3O/c1-8-5-12(17)16(7-15-8)6-9-10(13)3-2-4-11(9)14/h2-5,7H,6,14H2,1H3. The molecule has 0 fully saturated rings. The summed E-state index contributed by atoms with van der Waals surface area (Å²) < 4.78 is 1.48. The fourth-order valence-corrected chi connectivity index (χ4v) is 1.79. The summed E-state index contributed by atoms with van der Waals surface area (Å²) >= 11 is 6.05. The second-order valence-corrected chi connectivity index (χ2v) is 4.21. The molecule has 0 amide bonds. The molecule has 17 heavy (non-hydrogen) atoms. The number of hydrogen-bond acceptors (Lipinski definition) is 3. The van der Waals surface area contributed by atoms with E-state index in [-0.39, 0.29) is 5.56 Å². The lowest BCUT2D eigenvalue weighted by Crippen LogP contribution is -2.21. The first-order chi connectivity index (χ1) is 8.08. The molecule has 0 aliphatic rings. The minimum Gasteiger partial charge on any atom is -0.398 e. The van der Waals surface area contributed by atoms with Crippen LogP contribution in [0, 0.1) is 6.92 Å². The van der Waals surface area contributed by atoms with Gasteiger partial charge < -0.3 is 5.73 Å². The quantitative estimate of drug-likeness (QED) is 0.826. The van der Waals surface area contributed by atoms with Gasteiger partial charge in [-0.25, -0.2) is 4.98 Å². The van der Waals surface area contributed by atoms with Crippen LogP contribution in [-0.2, 0) is 6.54 Å². The Bertz CT molecular complexity index is 587. The lowest BCUT2D eigenvalue weighted by atomic mass is 10.2. The Labute approximate surface area is 104 Å². The minimum absolute atomic E-state index is 0.114. The normalized spacial score (nSPS) is 10.5. The van der Waals surface area contributed by atoms with Crippen molar-refractivity contribution in [3.05, 3.63) is 57.2 Å². The number of nitrogen functional groups attached to an aromatic ring is 1. The number of nitrogens with two attached hydrogens (primary N) is 1. The van der Waals surface area contributed by atoms with Gasteiger partial charge in [0.05, 0.1) is 12.9 Å². The molecule has 2 N–H and O–H groups in total. The van der Waals surface area contributed by atoms with Crippen LogP contribution in [0.3, 0.4) is 0 Å². The van der Waals surface area contributed by atoms with Crippen molar-refractivity contribution < 1.29 is 0 Å². The molecule has 1 heterocycles. The molecule has 1 aromatic carbocycles. The van der Waals surface area contributed by atoms with E-state index in [4.69, 9.17) is 17.3 Å². The number of nitrogens with zero attached hydrogens (tertiary/aromatic N) is 2. The summed E-state index contributed by atoms with van der Waals surface area (Å²) in [5, 5.41) is 0.553. The molecular weight excluding hydrogens is 238 g/mol. The van der Waals surface area contributed by atoms with E-state index in [0.717, 1.165) is 5.56 Å². The van der Waals surface area contributed by atoms with E-state index in [1.54, 1.807) is 25.1 Å². The van der Waals surface area contributed by atoms with Gasteiger partial charge in [0.15, 0.2) is 0 Å². The van der Waals surface area contributed by atoms with Crippen molar-refractivity contribution in [1.82, 2.24) is 9.55 Å². The molecule has 2 rings (SSSR count). The second kappa shape index (κ2) is 4.59. The van der Waals surface area contributed by atoms with Crippen LogP contribution in [0.1, 0.15) is 11.3 Å². The average molecular weight is 250 g/mol. The Morgan fingerprint density at radius 3 is 2.88 bits per heavy atom. The van der Waals surface area contributed by atoms with E-state index in [1.165, 1.54) is 17.0 Å². The third-order valence-electron chi connectivity index (χ3n) is 2.50. The number of hydrogen-bond donors (Lipinski definition) is 1. The smallest absolute Gasteiger partial charge is 0.253 e. The van der Waals surface area contributed by atoms with Gasteiger partial charge in [-0.2, -0.15) is 0 Å². The fourth-order valence-electron chi connectivity index (χ4n) is 1.55. The van der Waals surface area contributed by atoms with Crippen molar-refractivity contribution in [2.75, 3.05) is 5.73 Å². The largest absolute Gasteiger partial charge is 0.398 e. The monoisotopic (exact) mass is 249 g/mol. The molecule has 0 saturated carbocycles. The zero-order chi connectivity index (χ0) is 12.4. The second-order valence-electron chi connectivity index (χ2n) is 3.80. The Balaban J connectivity index is 2.42. The Kier molecular flexibility index (Phi) is 3.15. The van der Waals surface area contributed by atoms with Crippen LogP contribution in [0.2, 0.25) is 5.02 Å². The highest BCUT2D eigenvalue weighted by Gasteiger charge is 2.06. The summed E-state index contributed by atoms with van der Waals surface area (Å²) in [5.74, 6) is 0. The lowest BCUT2D eigenvalue weighted by Gasteiger charge is -2.09. The summed E-state index contributed by atoms with van der Waals surface area (Å²) in [7, 11) is 0. The van der Waals surface area contributed by atoms with Crippen LogP contribution in [0.5, 0.6) is 0 Å². The summed E-state index contributed by atoms with van der Waals surface area (Å²) in [6, 6.07) is 6.76. The lowest BCUT2D eigenvalue weighted by molar-refractivity contribution is 0.732.